The fourth-order valence-corrected chi connectivity index (χ4v) is 4.38. The predicted molar refractivity (Wildman–Crippen MR) is 148 cm³/mol. The third-order valence-electron chi connectivity index (χ3n) is 6.49. The second-order valence-electron chi connectivity index (χ2n) is 12.0. The smallest absolute Gasteiger partial charge is 0.407 e. The van der Waals surface area contributed by atoms with Crippen LogP contribution in [-0.4, -0.2) is 52.7 Å². The van der Waals surface area contributed by atoms with Gasteiger partial charge in [0.1, 0.15) is 11.7 Å². The Hall–Kier alpha value is -3.39. The van der Waals surface area contributed by atoms with Crippen LogP contribution in [0, 0.1) is 5.41 Å². The standard InChI is InChI=1S/C30H41N3O5/c1-29(2,3)25(34)26(35)32-24-12-8-11-23(18-24)27(36)33-15-13-21(14-16-33)22-10-7-9-20(17-22)19-31-28(37)38-30(4,5)6/h7-12,17-18,21,25,34H,13-16,19H2,1-6H3,(H,31,37)(H,32,35). The van der Waals surface area contributed by atoms with Crippen molar-refractivity contribution in [2.45, 2.75) is 78.6 Å². The van der Waals surface area contributed by atoms with Gasteiger partial charge in [-0.05, 0) is 74.3 Å². The molecule has 1 atom stereocenters. The van der Waals surface area contributed by atoms with Gasteiger partial charge >= 0.3 is 6.09 Å². The molecule has 38 heavy (non-hydrogen) atoms. The van der Waals surface area contributed by atoms with Crippen molar-refractivity contribution in [2.24, 2.45) is 5.41 Å². The van der Waals surface area contributed by atoms with Gasteiger partial charge in [-0.25, -0.2) is 4.79 Å². The summed E-state index contributed by atoms with van der Waals surface area (Å²) in [4.78, 5) is 39.4. The van der Waals surface area contributed by atoms with Crippen LogP contribution in [0.4, 0.5) is 10.5 Å². The molecule has 3 N–H and O–H groups in total. The number of carbonyl (C=O) groups excluding carboxylic acids is 3. The van der Waals surface area contributed by atoms with E-state index in [4.69, 9.17) is 4.74 Å². The van der Waals surface area contributed by atoms with Gasteiger partial charge in [0.05, 0.1) is 0 Å². The molecule has 0 saturated carbocycles. The molecule has 0 aromatic heterocycles. The number of aliphatic hydroxyl groups is 1. The minimum Gasteiger partial charge on any atom is -0.444 e. The summed E-state index contributed by atoms with van der Waals surface area (Å²) in [5.74, 6) is -0.247. The topological polar surface area (TPSA) is 108 Å². The van der Waals surface area contributed by atoms with Crippen LogP contribution < -0.4 is 10.6 Å². The summed E-state index contributed by atoms with van der Waals surface area (Å²) >= 11 is 0. The lowest BCUT2D eigenvalue weighted by molar-refractivity contribution is -0.129. The van der Waals surface area contributed by atoms with E-state index in [2.05, 4.69) is 22.8 Å². The molecular formula is C30H41N3O5. The second-order valence-corrected chi connectivity index (χ2v) is 12.0. The Morgan fingerprint density at radius 3 is 2.29 bits per heavy atom. The van der Waals surface area contributed by atoms with E-state index in [1.54, 1.807) is 45.0 Å². The summed E-state index contributed by atoms with van der Waals surface area (Å²) in [7, 11) is 0. The second kappa shape index (κ2) is 12.0. The summed E-state index contributed by atoms with van der Waals surface area (Å²) in [6, 6.07) is 15.0. The highest BCUT2D eigenvalue weighted by atomic mass is 16.6. The molecule has 8 heteroatoms. The molecule has 3 rings (SSSR count). The van der Waals surface area contributed by atoms with Crippen molar-refractivity contribution in [3.63, 3.8) is 0 Å². The number of nitrogens with one attached hydrogen (secondary N) is 2. The van der Waals surface area contributed by atoms with Crippen molar-refractivity contribution in [1.82, 2.24) is 10.2 Å². The Balaban J connectivity index is 1.56. The molecule has 1 aliphatic rings. The molecule has 3 amide bonds. The zero-order valence-electron chi connectivity index (χ0n) is 23.3. The Bertz CT molecular complexity index is 1140. The summed E-state index contributed by atoms with van der Waals surface area (Å²) < 4.78 is 5.31. The van der Waals surface area contributed by atoms with Gasteiger partial charge in [-0.15, -0.1) is 0 Å². The van der Waals surface area contributed by atoms with Crippen molar-refractivity contribution in [1.29, 1.82) is 0 Å². The quantitative estimate of drug-likeness (QED) is 0.490. The molecule has 0 bridgehead atoms. The number of likely N-dealkylation sites (tertiary alicyclic amines) is 1. The van der Waals surface area contributed by atoms with E-state index < -0.39 is 29.1 Å². The van der Waals surface area contributed by atoms with Gasteiger partial charge in [-0.2, -0.15) is 0 Å². The van der Waals surface area contributed by atoms with Gasteiger partial charge in [-0.3, -0.25) is 9.59 Å². The van der Waals surface area contributed by atoms with Crippen LogP contribution in [0.3, 0.4) is 0 Å². The first-order valence-corrected chi connectivity index (χ1v) is 13.2. The number of hydrogen-bond donors (Lipinski definition) is 3. The van der Waals surface area contributed by atoms with Crippen molar-refractivity contribution in [2.75, 3.05) is 18.4 Å². The lowest BCUT2D eigenvalue weighted by atomic mass is 9.88. The van der Waals surface area contributed by atoms with Gasteiger partial charge < -0.3 is 25.4 Å². The third kappa shape index (κ3) is 8.31. The highest BCUT2D eigenvalue weighted by Gasteiger charge is 2.29. The minimum atomic E-state index is -1.16. The average Bonchev–Trinajstić information content (AvgIpc) is 2.85. The van der Waals surface area contributed by atoms with E-state index >= 15 is 0 Å². The molecule has 1 aliphatic heterocycles. The van der Waals surface area contributed by atoms with E-state index in [9.17, 15) is 19.5 Å². The number of ether oxygens (including phenoxy) is 1. The van der Waals surface area contributed by atoms with Crippen LogP contribution in [0.5, 0.6) is 0 Å². The van der Waals surface area contributed by atoms with Crippen LogP contribution >= 0.6 is 0 Å². The summed E-state index contributed by atoms with van der Waals surface area (Å²) in [6.07, 6.45) is 0.0717. The Morgan fingerprint density at radius 1 is 1.00 bits per heavy atom. The molecule has 1 heterocycles. The molecule has 1 fully saturated rings. The molecule has 1 saturated heterocycles. The SMILES string of the molecule is CC(C)(C)OC(=O)NCc1cccc(C2CCN(C(=O)c3cccc(NC(=O)C(O)C(C)(C)C)c3)CC2)c1. The number of anilines is 1. The number of rotatable bonds is 6. The van der Waals surface area contributed by atoms with Gasteiger partial charge in [0.25, 0.3) is 11.8 Å². The molecule has 2 aromatic rings. The number of nitrogens with zero attached hydrogens (tertiary/aromatic N) is 1. The number of alkyl carbamates (subject to hydrolysis) is 1. The van der Waals surface area contributed by atoms with E-state index in [0.717, 1.165) is 18.4 Å². The summed E-state index contributed by atoms with van der Waals surface area (Å²) in [6.45, 7) is 12.5. The zero-order chi connectivity index (χ0) is 28.1. The zero-order valence-corrected chi connectivity index (χ0v) is 23.3. The maximum absolute atomic E-state index is 13.2. The lowest BCUT2D eigenvalue weighted by Gasteiger charge is -2.32. The molecule has 0 aliphatic carbocycles. The van der Waals surface area contributed by atoms with E-state index in [0.29, 0.717) is 36.8 Å². The first kappa shape index (κ1) is 29.2. The number of piperidine rings is 1. The van der Waals surface area contributed by atoms with E-state index in [1.807, 2.05) is 37.8 Å². The van der Waals surface area contributed by atoms with Crippen LogP contribution in [0.2, 0.25) is 0 Å². The fraction of sp³-hybridized carbons (Fsp3) is 0.500. The molecule has 0 radical (unpaired) electrons. The largest absolute Gasteiger partial charge is 0.444 e. The average molecular weight is 524 g/mol. The molecule has 8 nitrogen and oxygen atoms in total. The van der Waals surface area contributed by atoms with E-state index in [1.165, 1.54) is 5.56 Å². The lowest BCUT2D eigenvalue weighted by Crippen LogP contribution is -2.39. The van der Waals surface area contributed by atoms with Crippen LogP contribution in [-0.2, 0) is 16.1 Å². The molecule has 1 unspecified atom stereocenters. The highest BCUT2D eigenvalue weighted by Crippen LogP contribution is 2.29. The van der Waals surface area contributed by atoms with Crippen molar-refractivity contribution in [3.05, 3.63) is 65.2 Å². The van der Waals surface area contributed by atoms with Crippen LogP contribution in [0.25, 0.3) is 0 Å². The number of carbonyl (C=O) groups is 3. The van der Waals surface area contributed by atoms with Crippen LogP contribution in [0.1, 0.15) is 81.8 Å². The molecule has 0 spiro atoms. The molecule has 206 valence electrons. The number of hydrogen-bond acceptors (Lipinski definition) is 5. The minimum absolute atomic E-state index is 0.0776. The van der Waals surface area contributed by atoms with Gasteiger partial charge in [0, 0.05) is 30.9 Å². The van der Waals surface area contributed by atoms with Crippen molar-refractivity contribution < 1.29 is 24.2 Å². The summed E-state index contributed by atoms with van der Waals surface area (Å²) in [5.41, 5.74) is 2.06. The maximum atomic E-state index is 13.2. The highest BCUT2D eigenvalue weighted by molar-refractivity contribution is 5.98. The fourth-order valence-electron chi connectivity index (χ4n) is 4.38. The van der Waals surface area contributed by atoms with Gasteiger partial charge in [-0.1, -0.05) is 51.1 Å². The maximum Gasteiger partial charge on any atom is 0.407 e. The van der Waals surface area contributed by atoms with Gasteiger partial charge in [0.15, 0.2) is 0 Å². The number of aliphatic hydroxyl groups excluding tert-OH is 1. The summed E-state index contributed by atoms with van der Waals surface area (Å²) in [5, 5.41) is 15.7. The Morgan fingerprint density at radius 2 is 1.66 bits per heavy atom. The van der Waals surface area contributed by atoms with Crippen molar-refractivity contribution >= 4 is 23.6 Å². The van der Waals surface area contributed by atoms with Crippen LogP contribution in [0.15, 0.2) is 48.5 Å². The molecular weight excluding hydrogens is 482 g/mol. The first-order valence-electron chi connectivity index (χ1n) is 13.2. The molecule has 2 aromatic carbocycles. The predicted octanol–water partition coefficient (Wildman–Crippen LogP) is 5.08. The first-order chi connectivity index (χ1) is 17.7. The van der Waals surface area contributed by atoms with E-state index in [-0.39, 0.29) is 5.91 Å². The van der Waals surface area contributed by atoms with Crippen molar-refractivity contribution in [3.8, 4) is 0 Å². The number of amides is 3. The monoisotopic (exact) mass is 523 g/mol. The Labute approximate surface area is 225 Å². The third-order valence-corrected chi connectivity index (χ3v) is 6.49. The van der Waals surface area contributed by atoms with Gasteiger partial charge in [0.2, 0.25) is 0 Å². The normalized spacial score (nSPS) is 15.5. The Kier molecular flexibility index (Phi) is 9.20. The number of benzene rings is 2.